The number of hydrogen-bond acceptors (Lipinski definition) is 4. The first-order valence-electron chi connectivity index (χ1n) is 8.41. The molecule has 7 heteroatoms. The number of hydrogen-bond donors (Lipinski definition) is 0. The van der Waals surface area contributed by atoms with Crippen LogP contribution in [0.4, 0.5) is 0 Å². The van der Waals surface area contributed by atoms with Crippen molar-refractivity contribution in [3.05, 3.63) is 11.9 Å². The zero-order valence-electron chi connectivity index (χ0n) is 14.8. The lowest BCUT2D eigenvalue weighted by Crippen LogP contribution is -2.51. The van der Waals surface area contributed by atoms with Crippen LogP contribution in [0.15, 0.2) is 11.1 Å². The Morgan fingerprint density at radius 1 is 1.39 bits per heavy atom. The van der Waals surface area contributed by atoms with Gasteiger partial charge in [-0.25, -0.2) is 8.42 Å². The van der Waals surface area contributed by atoms with Gasteiger partial charge in [-0.1, -0.05) is 33.6 Å². The van der Waals surface area contributed by atoms with Crippen molar-refractivity contribution in [2.45, 2.75) is 64.1 Å². The standard InChI is InChI=1S/C16H29N3O3S/c1-6-7-8-14-10-19(11-15(22-14)12(2)3)23(20,21)16-9-17-18(5)13(16)4/h9,12,14-15H,6-8,10-11H2,1-5H3/t14-,15-/m1/s1. The van der Waals surface area contributed by atoms with E-state index in [2.05, 4.69) is 25.9 Å². The van der Waals surface area contributed by atoms with E-state index in [4.69, 9.17) is 4.74 Å². The molecule has 1 aliphatic heterocycles. The van der Waals surface area contributed by atoms with Gasteiger partial charge in [-0.3, -0.25) is 4.68 Å². The molecule has 2 atom stereocenters. The Morgan fingerprint density at radius 3 is 2.61 bits per heavy atom. The third-order valence-corrected chi connectivity index (χ3v) is 6.52. The molecule has 2 heterocycles. The minimum Gasteiger partial charge on any atom is -0.372 e. The maximum atomic E-state index is 13.0. The summed E-state index contributed by atoms with van der Waals surface area (Å²) in [6.45, 7) is 8.92. The summed E-state index contributed by atoms with van der Waals surface area (Å²) in [5, 5.41) is 4.08. The van der Waals surface area contributed by atoms with E-state index in [1.54, 1.807) is 23.0 Å². The van der Waals surface area contributed by atoms with Gasteiger partial charge in [0.2, 0.25) is 10.0 Å². The van der Waals surface area contributed by atoms with Crippen molar-refractivity contribution in [1.82, 2.24) is 14.1 Å². The van der Waals surface area contributed by atoms with Crippen LogP contribution >= 0.6 is 0 Å². The van der Waals surface area contributed by atoms with E-state index in [-0.39, 0.29) is 18.1 Å². The predicted molar refractivity (Wildman–Crippen MR) is 89.7 cm³/mol. The minimum absolute atomic E-state index is 0.0251. The maximum absolute atomic E-state index is 13.0. The molecule has 132 valence electrons. The monoisotopic (exact) mass is 343 g/mol. The number of aryl methyl sites for hydroxylation is 1. The summed E-state index contributed by atoms with van der Waals surface area (Å²) in [5.74, 6) is 0.284. The summed E-state index contributed by atoms with van der Waals surface area (Å²) >= 11 is 0. The largest absolute Gasteiger partial charge is 0.372 e. The Kier molecular flexibility index (Phi) is 5.86. The van der Waals surface area contributed by atoms with E-state index in [1.165, 1.54) is 6.20 Å². The summed E-state index contributed by atoms with van der Waals surface area (Å²) in [6.07, 6.45) is 4.40. The highest BCUT2D eigenvalue weighted by Gasteiger charge is 2.37. The van der Waals surface area contributed by atoms with Gasteiger partial charge >= 0.3 is 0 Å². The van der Waals surface area contributed by atoms with Crippen LogP contribution in [0.1, 0.15) is 45.7 Å². The highest BCUT2D eigenvalue weighted by atomic mass is 32.2. The molecule has 1 aliphatic rings. The Hall–Kier alpha value is -0.920. The lowest BCUT2D eigenvalue weighted by Gasteiger charge is -2.39. The lowest BCUT2D eigenvalue weighted by atomic mass is 10.0. The molecule has 1 saturated heterocycles. The molecule has 0 saturated carbocycles. The van der Waals surface area contributed by atoms with Gasteiger partial charge in [-0.05, 0) is 19.3 Å². The quantitative estimate of drug-likeness (QED) is 0.795. The highest BCUT2D eigenvalue weighted by molar-refractivity contribution is 7.89. The Bertz CT molecular complexity index is 625. The number of nitrogens with zero attached hydrogens (tertiary/aromatic N) is 3. The second kappa shape index (κ2) is 7.32. The average Bonchev–Trinajstić information content (AvgIpc) is 2.85. The first kappa shape index (κ1) is 18.4. The van der Waals surface area contributed by atoms with E-state index in [0.29, 0.717) is 23.7 Å². The molecule has 0 bridgehead atoms. The third-order valence-electron chi connectivity index (χ3n) is 4.59. The molecule has 0 radical (unpaired) electrons. The second-order valence-corrected chi connectivity index (χ2v) is 8.63. The fourth-order valence-electron chi connectivity index (χ4n) is 2.86. The van der Waals surface area contributed by atoms with Crippen LogP contribution in [-0.2, 0) is 21.8 Å². The van der Waals surface area contributed by atoms with Gasteiger partial charge in [0.1, 0.15) is 4.90 Å². The number of unbranched alkanes of at least 4 members (excludes halogenated alkanes) is 1. The van der Waals surface area contributed by atoms with Crippen molar-refractivity contribution < 1.29 is 13.2 Å². The molecule has 0 spiro atoms. The van der Waals surface area contributed by atoms with Crippen molar-refractivity contribution in [2.24, 2.45) is 13.0 Å². The van der Waals surface area contributed by atoms with Gasteiger partial charge in [0, 0.05) is 20.1 Å². The second-order valence-electron chi connectivity index (χ2n) is 6.72. The smallest absolute Gasteiger partial charge is 0.246 e. The molecule has 0 aliphatic carbocycles. The van der Waals surface area contributed by atoms with Crippen molar-refractivity contribution >= 4 is 10.0 Å². The molecule has 6 nitrogen and oxygen atoms in total. The maximum Gasteiger partial charge on any atom is 0.246 e. The third kappa shape index (κ3) is 3.95. The van der Waals surface area contributed by atoms with E-state index in [0.717, 1.165) is 19.3 Å². The van der Waals surface area contributed by atoms with E-state index < -0.39 is 10.0 Å². The molecule has 1 aromatic heterocycles. The van der Waals surface area contributed by atoms with Crippen LogP contribution in [-0.4, -0.2) is 47.8 Å². The lowest BCUT2D eigenvalue weighted by molar-refractivity contribution is -0.0858. The molecule has 0 aromatic carbocycles. The molecule has 1 aromatic rings. The first-order chi connectivity index (χ1) is 10.8. The zero-order valence-corrected chi connectivity index (χ0v) is 15.6. The van der Waals surface area contributed by atoms with E-state index in [9.17, 15) is 8.42 Å². The number of ether oxygens (including phenoxy) is 1. The van der Waals surface area contributed by atoms with Crippen LogP contribution in [0.3, 0.4) is 0 Å². The van der Waals surface area contributed by atoms with Crippen LogP contribution in [0.2, 0.25) is 0 Å². The molecule has 0 amide bonds. The van der Waals surface area contributed by atoms with Gasteiger partial charge in [0.05, 0.1) is 24.1 Å². The topological polar surface area (TPSA) is 64.4 Å². The van der Waals surface area contributed by atoms with Gasteiger partial charge < -0.3 is 4.74 Å². The molecule has 0 unspecified atom stereocenters. The summed E-state index contributed by atoms with van der Waals surface area (Å²) in [4.78, 5) is 0.304. The summed E-state index contributed by atoms with van der Waals surface area (Å²) in [6, 6.07) is 0. The summed E-state index contributed by atoms with van der Waals surface area (Å²) in [5.41, 5.74) is 0.669. The Morgan fingerprint density at radius 2 is 2.09 bits per heavy atom. The summed E-state index contributed by atoms with van der Waals surface area (Å²) in [7, 11) is -1.77. The minimum atomic E-state index is -3.53. The van der Waals surface area contributed by atoms with Crippen LogP contribution in [0.5, 0.6) is 0 Å². The average molecular weight is 343 g/mol. The predicted octanol–water partition coefficient (Wildman–Crippen LogP) is 2.33. The molecular weight excluding hydrogens is 314 g/mol. The molecule has 0 N–H and O–H groups in total. The van der Waals surface area contributed by atoms with Gasteiger partial charge in [0.25, 0.3) is 0 Å². The molecule has 2 rings (SSSR count). The molecular formula is C16H29N3O3S. The van der Waals surface area contributed by atoms with Crippen LogP contribution in [0.25, 0.3) is 0 Å². The van der Waals surface area contributed by atoms with Crippen molar-refractivity contribution in [3.8, 4) is 0 Å². The van der Waals surface area contributed by atoms with Crippen molar-refractivity contribution in [2.75, 3.05) is 13.1 Å². The number of morpholine rings is 1. The SMILES string of the molecule is CCCC[C@@H]1CN(S(=O)(=O)c2cnn(C)c2C)C[C@H](C(C)C)O1. The van der Waals surface area contributed by atoms with Crippen molar-refractivity contribution in [3.63, 3.8) is 0 Å². The summed E-state index contributed by atoms with van der Waals surface area (Å²) < 4.78 is 35.4. The zero-order chi connectivity index (χ0) is 17.2. The Balaban J connectivity index is 2.26. The van der Waals surface area contributed by atoms with Gasteiger partial charge in [-0.15, -0.1) is 0 Å². The van der Waals surface area contributed by atoms with E-state index >= 15 is 0 Å². The first-order valence-corrected chi connectivity index (χ1v) is 9.85. The molecule has 1 fully saturated rings. The number of aromatic nitrogens is 2. The number of rotatable bonds is 6. The number of sulfonamides is 1. The van der Waals surface area contributed by atoms with Crippen LogP contribution < -0.4 is 0 Å². The van der Waals surface area contributed by atoms with E-state index in [1.807, 2.05) is 0 Å². The fraction of sp³-hybridized carbons (Fsp3) is 0.812. The molecule has 23 heavy (non-hydrogen) atoms. The van der Waals surface area contributed by atoms with Crippen LogP contribution in [0, 0.1) is 12.8 Å². The highest BCUT2D eigenvalue weighted by Crippen LogP contribution is 2.27. The van der Waals surface area contributed by atoms with Gasteiger partial charge in [-0.2, -0.15) is 9.40 Å². The van der Waals surface area contributed by atoms with Gasteiger partial charge in [0.15, 0.2) is 0 Å². The normalized spacial score (nSPS) is 23.6. The van der Waals surface area contributed by atoms with Crippen molar-refractivity contribution in [1.29, 1.82) is 0 Å². The fourth-order valence-corrected chi connectivity index (χ4v) is 4.53. The Labute approximate surface area is 139 Å².